The Morgan fingerprint density at radius 3 is 2.67 bits per heavy atom. The van der Waals surface area contributed by atoms with Crippen molar-refractivity contribution in [1.82, 2.24) is 4.98 Å². The van der Waals surface area contributed by atoms with Crippen LogP contribution in [0.4, 0.5) is 0 Å². The fourth-order valence-corrected chi connectivity index (χ4v) is 0.745. The summed E-state index contributed by atoms with van der Waals surface area (Å²) in [5, 5.41) is 8.60. The monoisotopic (exact) mass is 287 g/mol. The summed E-state index contributed by atoms with van der Waals surface area (Å²) in [5.74, 6) is 0. The molecule has 1 heterocycles. The average Bonchev–Trinajstić information content (AvgIpc) is 2.06. The first-order valence-corrected chi connectivity index (χ1v) is 3.23. The van der Waals surface area contributed by atoms with Crippen LogP contribution in [-0.4, -0.2) is 24.5 Å². The predicted molar refractivity (Wildman–Crippen MR) is 46.3 cm³/mol. The maximum absolute atomic E-state index is 8.60. The molecule has 0 amide bonds. The molecule has 0 fully saturated rings. The first kappa shape index (κ1) is 11.9. The van der Waals surface area contributed by atoms with E-state index in [-0.39, 0.29) is 41.3 Å². The Hall–Kier alpha value is -0.146. The molecule has 59 valence electrons. The smallest absolute Gasteiger partial charge is 0.0814 e. The van der Waals surface area contributed by atoms with Crippen molar-refractivity contribution in [3.63, 3.8) is 0 Å². The number of hydrogen-bond donors (Lipinski definition) is 0. The van der Waals surface area contributed by atoms with Crippen molar-refractivity contribution in [2.24, 2.45) is 4.99 Å². The second kappa shape index (κ2) is 6.38. The third-order valence-corrected chi connectivity index (χ3v) is 1.19. The van der Waals surface area contributed by atoms with Gasteiger partial charge in [0.15, 0.2) is 0 Å². The average molecular weight is 287 g/mol. The third-order valence-electron chi connectivity index (χ3n) is 1.19. The Labute approximate surface area is 105 Å². The molecule has 0 aliphatic rings. The zero-order valence-corrected chi connectivity index (χ0v) is 10.5. The Bertz CT molecular complexity index is 283. The molecule has 1 aromatic heterocycles. The summed E-state index contributed by atoms with van der Waals surface area (Å²) < 4.78 is 0. The molecular weight excluding hydrogens is 279 g/mol. The van der Waals surface area contributed by atoms with E-state index in [1.807, 2.05) is 12.1 Å². The summed E-state index contributed by atoms with van der Waals surface area (Å²) in [7, 11) is 1.68. The fourth-order valence-electron chi connectivity index (χ4n) is 0.745. The molecule has 3 nitrogen and oxygen atoms in total. The van der Waals surface area contributed by atoms with Gasteiger partial charge in [0.2, 0.25) is 0 Å². The van der Waals surface area contributed by atoms with E-state index < -0.39 is 0 Å². The van der Waals surface area contributed by atoms with Gasteiger partial charge in [-0.15, -0.1) is 0 Å². The standard InChI is InChI=1S/C8H8N3.Pr/c1-10-6-8-4-2-3-7(5-9)11-8;/h2-6H,1H3;/q-1;. The van der Waals surface area contributed by atoms with Gasteiger partial charge in [-0.3, -0.25) is 4.99 Å². The molecule has 1 aromatic rings. The molecule has 0 aromatic carbocycles. The van der Waals surface area contributed by atoms with Gasteiger partial charge < -0.3 is 5.41 Å². The summed E-state index contributed by atoms with van der Waals surface area (Å²) >= 11 is 0. The van der Waals surface area contributed by atoms with Crippen LogP contribution in [0.25, 0.3) is 5.41 Å². The molecule has 1 radical (unpaired) electrons. The summed E-state index contributed by atoms with van der Waals surface area (Å²) in [4.78, 5) is 7.82. The van der Waals surface area contributed by atoms with Gasteiger partial charge in [-0.1, -0.05) is 6.07 Å². The van der Waals surface area contributed by atoms with E-state index in [2.05, 4.69) is 9.98 Å². The molecule has 12 heavy (non-hydrogen) atoms. The first-order chi connectivity index (χ1) is 5.36. The van der Waals surface area contributed by atoms with Crippen LogP contribution in [0.1, 0.15) is 11.4 Å². The summed E-state index contributed by atoms with van der Waals surface area (Å²) in [6.45, 7) is 0. The minimum atomic E-state index is 0. The van der Waals surface area contributed by atoms with Crippen molar-refractivity contribution in [2.45, 2.75) is 0 Å². The zero-order valence-electron chi connectivity index (χ0n) is 6.81. The molecule has 0 aliphatic carbocycles. The molecule has 0 bridgehead atoms. The van der Waals surface area contributed by atoms with Crippen LogP contribution in [-0.2, 0) is 0 Å². The van der Waals surface area contributed by atoms with Gasteiger partial charge in [0.1, 0.15) is 0 Å². The minimum Gasteiger partial charge on any atom is -0.809 e. The molecule has 0 spiro atoms. The molecule has 0 N–H and O–H groups in total. The Morgan fingerprint density at radius 1 is 1.42 bits per heavy atom. The van der Waals surface area contributed by atoms with E-state index in [9.17, 15) is 0 Å². The third kappa shape index (κ3) is 3.50. The summed E-state index contributed by atoms with van der Waals surface area (Å²) in [6.07, 6.45) is 2.60. The number of nitrogens with zero attached hydrogens (tertiary/aromatic N) is 3. The van der Waals surface area contributed by atoms with Gasteiger partial charge in [-0.2, -0.15) is 6.21 Å². The number of aliphatic imine (C=N–C) groups is 1. The van der Waals surface area contributed by atoms with Crippen LogP contribution >= 0.6 is 0 Å². The Morgan fingerprint density at radius 2 is 2.08 bits per heavy atom. The molecule has 1 rings (SSSR count). The van der Waals surface area contributed by atoms with Crippen LogP contribution in [0.15, 0.2) is 23.2 Å². The quantitative estimate of drug-likeness (QED) is 0.752. The molecular formula is C8H8N3Pr-. The van der Waals surface area contributed by atoms with Gasteiger partial charge in [0.05, 0.1) is 5.69 Å². The predicted octanol–water partition coefficient (Wildman–Crippen LogP) is 1.12. The van der Waals surface area contributed by atoms with Crippen LogP contribution in [0.5, 0.6) is 0 Å². The SMILES string of the molecule is CN=Cc1cccc(C=[N-])n1.[Pr]. The molecule has 0 unspecified atom stereocenters. The number of hydrogen-bond acceptors (Lipinski definition) is 2. The number of pyridine rings is 1. The van der Waals surface area contributed by atoms with E-state index >= 15 is 0 Å². The van der Waals surface area contributed by atoms with Crippen molar-refractivity contribution in [1.29, 1.82) is 0 Å². The summed E-state index contributed by atoms with van der Waals surface area (Å²) in [6, 6.07) is 5.35. The number of aromatic nitrogens is 1. The zero-order chi connectivity index (χ0) is 8.10. The number of rotatable bonds is 2. The van der Waals surface area contributed by atoms with Crippen molar-refractivity contribution < 1.29 is 41.3 Å². The molecule has 4 heteroatoms. The maximum atomic E-state index is 8.60. The Balaban J connectivity index is 0.00000121. The van der Waals surface area contributed by atoms with Gasteiger partial charge in [-0.05, 0) is 12.1 Å². The van der Waals surface area contributed by atoms with Crippen molar-refractivity contribution >= 4 is 12.4 Å². The van der Waals surface area contributed by atoms with Crippen LogP contribution < -0.4 is 0 Å². The van der Waals surface area contributed by atoms with Crippen LogP contribution in [0.3, 0.4) is 0 Å². The minimum absolute atomic E-state index is 0. The van der Waals surface area contributed by atoms with Gasteiger partial charge in [0.25, 0.3) is 0 Å². The normalized spacial score (nSPS) is 9.42. The van der Waals surface area contributed by atoms with Crippen LogP contribution in [0.2, 0.25) is 0 Å². The topological polar surface area (TPSA) is 47.5 Å². The second-order valence-corrected chi connectivity index (χ2v) is 2.00. The van der Waals surface area contributed by atoms with Crippen molar-refractivity contribution in [3.8, 4) is 0 Å². The summed E-state index contributed by atoms with van der Waals surface area (Å²) in [5.41, 5.74) is 1.29. The van der Waals surface area contributed by atoms with E-state index in [0.29, 0.717) is 5.69 Å². The molecule has 0 atom stereocenters. The first-order valence-electron chi connectivity index (χ1n) is 3.23. The van der Waals surface area contributed by atoms with E-state index in [1.54, 1.807) is 19.3 Å². The Kier molecular flexibility index (Phi) is 6.30. The molecule has 0 saturated heterocycles. The van der Waals surface area contributed by atoms with Gasteiger partial charge in [0, 0.05) is 60.2 Å². The van der Waals surface area contributed by atoms with Gasteiger partial charge >= 0.3 is 0 Å². The van der Waals surface area contributed by atoms with E-state index in [0.717, 1.165) is 11.9 Å². The maximum Gasteiger partial charge on any atom is 0.0814 e. The molecule has 0 saturated carbocycles. The molecule has 0 aliphatic heterocycles. The largest absolute Gasteiger partial charge is 0.809 e. The van der Waals surface area contributed by atoms with E-state index in [1.165, 1.54) is 0 Å². The van der Waals surface area contributed by atoms with E-state index in [4.69, 9.17) is 5.41 Å². The van der Waals surface area contributed by atoms with Crippen molar-refractivity contribution in [2.75, 3.05) is 7.05 Å². The van der Waals surface area contributed by atoms with Crippen molar-refractivity contribution in [3.05, 3.63) is 35.0 Å². The van der Waals surface area contributed by atoms with Crippen LogP contribution in [0, 0.1) is 41.3 Å². The van der Waals surface area contributed by atoms with Gasteiger partial charge in [-0.25, -0.2) is 4.98 Å². The fraction of sp³-hybridized carbons (Fsp3) is 0.125. The second-order valence-electron chi connectivity index (χ2n) is 2.00.